The summed E-state index contributed by atoms with van der Waals surface area (Å²) in [5.41, 5.74) is 1.23. The molecule has 1 aliphatic rings. The van der Waals surface area contributed by atoms with Crippen molar-refractivity contribution in [2.45, 2.75) is 6.67 Å². The summed E-state index contributed by atoms with van der Waals surface area (Å²) in [7, 11) is 0. The third kappa shape index (κ3) is 4.31. The van der Waals surface area contributed by atoms with Gasteiger partial charge in [-0.05, 0) is 18.2 Å². The molecule has 3 rings (SSSR count). The first-order valence-corrected chi connectivity index (χ1v) is 8.56. The van der Waals surface area contributed by atoms with Crippen LogP contribution in [0.5, 0.6) is 0 Å². The molecular weight excluding hydrogens is 344 g/mol. The second-order valence-electron chi connectivity index (χ2n) is 6.04. The minimum atomic E-state index is -0.386. The van der Waals surface area contributed by atoms with Gasteiger partial charge in [0.2, 0.25) is 5.91 Å². The molecular formula is C17H21ClN4O3. The van der Waals surface area contributed by atoms with Gasteiger partial charge in [-0.1, -0.05) is 17.7 Å². The number of benzene rings is 1. The molecule has 7 nitrogen and oxygen atoms in total. The van der Waals surface area contributed by atoms with Crippen LogP contribution in [0.4, 0.5) is 0 Å². The van der Waals surface area contributed by atoms with Crippen molar-refractivity contribution in [2.24, 2.45) is 0 Å². The summed E-state index contributed by atoms with van der Waals surface area (Å²) in [6.07, 6.45) is 1.66. The number of piperazine rings is 1. The van der Waals surface area contributed by atoms with E-state index >= 15 is 0 Å². The van der Waals surface area contributed by atoms with Gasteiger partial charge in [0, 0.05) is 37.7 Å². The van der Waals surface area contributed by atoms with E-state index in [1.165, 1.54) is 0 Å². The van der Waals surface area contributed by atoms with E-state index in [0.29, 0.717) is 35.9 Å². The summed E-state index contributed by atoms with van der Waals surface area (Å²) in [6, 6.07) is 5.14. The number of hydrogen-bond donors (Lipinski definition) is 1. The fourth-order valence-corrected chi connectivity index (χ4v) is 3.07. The topological polar surface area (TPSA) is 70.7 Å². The molecule has 1 N–H and O–H groups in total. The third-order valence-electron chi connectivity index (χ3n) is 4.25. The van der Waals surface area contributed by atoms with Crippen LogP contribution in [-0.2, 0) is 11.5 Å². The van der Waals surface area contributed by atoms with Crippen molar-refractivity contribution >= 4 is 28.6 Å². The van der Waals surface area contributed by atoms with Gasteiger partial charge in [0.1, 0.15) is 0 Å². The highest BCUT2D eigenvalue weighted by atomic mass is 35.5. The lowest BCUT2D eigenvalue weighted by Crippen LogP contribution is -2.50. The lowest BCUT2D eigenvalue weighted by atomic mass is 10.3. The maximum Gasteiger partial charge on any atom is 0.421 e. The highest BCUT2D eigenvalue weighted by molar-refractivity contribution is 6.31. The van der Waals surface area contributed by atoms with Gasteiger partial charge in [-0.2, -0.15) is 0 Å². The number of nitrogens with one attached hydrogen (secondary N) is 1. The fourth-order valence-electron chi connectivity index (χ4n) is 2.90. The summed E-state index contributed by atoms with van der Waals surface area (Å²) in [5, 5.41) is 3.34. The molecule has 1 aromatic carbocycles. The van der Waals surface area contributed by atoms with Crippen LogP contribution < -0.4 is 11.1 Å². The van der Waals surface area contributed by atoms with Crippen molar-refractivity contribution in [1.29, 1.82) is 0 Å². The number of carbonyl (C=O) groups excluding carboxylic acids is 1. The lowest BCUT2D eigenvalue weighted by Gasteiger charge is -2.34. The highest BCUT2D eigenvalue weighted by Gasteiger charge is 2.20. The molecule has 1 fully saturated rings. The largest absolute Gasteiger partial charge is 0.421 e. The van der Waals surface area contributed by atoms with Crippen molar-refractivity contribution in [3.63, 3.8) is 0 Å². The molecule has 2 heterocycles. The highest BCUT2D eigenvalue weighted by Crippen LogP contribution is 2.19. The maximum absolute atomic E-state index is 12.1. The Bertz CT molecular complexity index is 821. The molecule has 0 atom stereocenters. The molecule has 1 aliphatic heterocycles. The Morgan fingerprint density at radius 3 is 2.72 bits per heavy atom. The van der Waals surface area contributed by atoms with Crippen LogP contribution in [-0.4, -0.2) is 59.5 Å². The maximum atomic E-state index is 12.1. The van der Waals surface area contributed by atoms with Gasteiger partial charge in [0.15, 0.2) is 5.58 Å². The summed E-state index contributed by atoms with van der Waals surface area (Å²) in [6.45, 7) is 7.98. The van der Waals surface area contributed by atoms with Gasteiger partial charge in [-0.3, -0.25) is 19.2 Å². The minimum absolute atomic E-state index is 0.0000370. The number of rotatable bonds is 6. The Morgan fingerprint density at radius 2 is 2.00 bits per heavy atom. The fraction of sp³-hybridized carbons (Fsp3) is 0.412. The SMILES string of the molecule is C=CCNC(=O)CN1CCN(Cn2c(=O)oc3ccc(Cl)cc32)CC1. The Labute approximate surface area is 150 Å². The number of fused-ring (bicyclic) bond motifs is 1. The van der Waals surface area contributed by atoms with E-state index in [-0.39, 0.29) is 11.7 Å². The Balaban J connectivity index is 1.59. The average molecular weight is 365 g/mol. The smallest absolute Gasteiger partial charge is 0.408 e. The molecule has 1 saturated heterocycles. The number of carbonyl (C=O) groups is 1. The summed E-state index contributed by atoms with van der Waals surface area (Å²) < 4.78 is 6.85. The Morgan fingerprint density at radius 1 is 1.28 bits per heavy atom. The summed E-state index contributed by atoms with van der Waals surface area (Å²) in [4.78, 5) is 28.1. The minimum Gasteiger partial charge on any atom is -0.408 e. The Kier molecular flexibility index (Phi) is 5.57. The van der Waals surface area contributed by atoms with Crippen molar-refractivity contribution in [1.82, 2.24) is 19.7 Å². The van der Waals surface area contributed by atoms with E-state index in [2.05, 4.69) is 21.7 Å². The van der Waals surface area contributed by atoms with Crippen molar-refractivity contribution in [3.8, 4) is 0 Å². The first-order chi connectivity index (χ1) is 12.1. The quantitative estimate of drug-likeness (QED) is 0.778. The van der Waals surface area contributed by atoms with Crippen LogP contribution in [0.15, 0.2) is 40.1 Å². The van der Waals surface area contributed by atoms with Crippen LogP contribution in [0.3, 0.4) is 0 Å². The molecule has 0 unspecified atom stereocenters. The molecule has 1 aromatic heterocycles. The van der Waals surface area contributed by atoms with Crippen molar-refractivity contribution in [2.75, 3.05) is 39.3 Å². The zero-order chi connectivity index (χ0) is 17.8. The van der Waals surface area contributed by atoms with Crippen LogP contribution in [0.2, 0.25) is 5.02 Å². The third-order valence-corrected chi connectivity index (χ3v) is 4.48. The Hall–Kier alpha value is -2.09. The number of aromatic nitrogens is 1. The molecule has 25 heavy (non-hydrogen) atoms. The number of hydrogen-bond acceptors (Lipinski definition) is 5. The average Bonchev–Trinajstić information content (AvgIpc) is 2.90. The van der Waals surface area contributed by atoms with E-state index in [1.807, 2.05) is 0 Å². The molecule has 2 aromatic rings. The van der Waals surface area contributed by atoms with Gasteiger partial charge in [-0.15, -0.1) is 6.58 Å². The van der Waals surface area contributed by atoms with Gasteiger partial charge in [0.25, 0.3) is 0 Å². The van der Waals surface area contributed by atoms with E-state index in [4.69, 9.17) is 16.0 Å². The van der Waals surface area contributed by atoms with Crippen molar-refractivity contribution < 1.29 is 9.21 Å². The molecule has 0 aliphatic carbocycles. The van der Waals surface area contributed by atoms with Gasteiger partial charge < -0.3 is 9.73 Å². The normalized spacial score (nSPS) is 16.2. The second-order valence-corrected chi connectivity index (χ2v) is 6.47. The molecule has 0 spiro atoms. The number of halogens is 1. The molecule has 0 bridgehead atoms. The molecule has 0 radical (unpaired) electrons. The monoisotopic (exact) mass is 364 g/mol. The number of amides is 1. The number of nitrogens with zero attached hydrogens (tertiary/aromatic N) is 3. The zero-order valence-electron chi connectivity index (χ0n) is 13.9. The van der Waals surface area contributed by atoms with Gasteiger partial charge in [0.05, 0.1) is 18.7 Å². The second kappa shape index (κ2) is 7.86. The molecule has 8 heteroatoms. The molecule has 0 saturated carbocycles. The standard InChI is InChI=1S/C17H21ClN4O3/c1-2-5-19-16(23)11-20-6-8-21(9-7-20)12-22-14-10-13(18)3-4-15(14)25-17(22)24/h2-4,10H,1,5-9,11-12H2,(H,19,23). The summed E-state index contributed by atoms with van der Waals surface area (Å²) in [5.74, 6) is -0.386. The lowest BCUT2D eigenvalue weighted by molar-refractivity contribution is -0.122. The van der Waals surface area contributed by atoms with E-state index in [9.17, 15) is 9.59 Å². The summed E-state index contributed by atoms with van der Waals surface area (Å²) >= 11 is 6.03. The first kappa shape index (κ1) is 17.7. The van der Waals surface area contributed by atoms with Crippen molar-refractivity contribution in [3.05, 3.63) is 46.4 Å². The predicted molar refractivity (Wildman–Crippen MR) is 96.7 cm³/mol. The van der Waals surface area contributed by atoms with Crippen LogP contribution in [0, 0.1) is 0 Å². The van der Waals surface area contributed by atoms with Gasteiger partial charge >= 0.3 is 5.76 Å². The zero-order valence-corrected chi connectivity index (χ0v) is 14.7. The van der Waals surface area contributed by atoms with E-state index in [1.54, 1.807) is 28.8 Å². The van der Waals surface area contributed by atoms with E-state index in [0.717, 1.165) is 26.2 Å². The predicted octanol–water partition coefficient (Wildman–Crippen LogP) is 1.13. The van der Waals surface area contributed by atoms with E-state index < -0.39 is 0 Å². The van der Waals surface area contributed by atoms with Crippen LogP contribution in [0.1, 0.15) is 0 Å². The van der Waals surface area contributed by atoms with Crippen LogP contribution in [0.25, 0.3) is 11.1 Å². The first-order valence-electron chi connectivity index (χ1n) is 8.18. The molecule has 134 valence electrons. The molecule has 1 amide bonds. The van der Waals surface area contributed by atoms with Gasteiger partial charge in [-0.25, -0.2) is 4.79 Å². The van der Waals surface area contributed by atoms with Crippen LogP contribution >= 0.6 is 11.6 Å². The number of oxazole rings is 1.